The molecule has 0 aromatic heterocycles. The van der Waals surface area contributed by atoms with Crippen molar-refractivity contribution in [1.29, 1.82) is 0 Å². The molecule has 18 heavy (non-hydrogen) atoms. The molecular formula is C13H14ClNO3. The summed E-state index contributed by atoms with van der Waals surface area (Å²) in [6, 6.07) is 5.09. The first-order valence-electron chi connectivity index (χ1n) is 5.86. The smallest absolute Gasteiger partial charge is 0.227 e. The number of amides is 1. The van der Waals surface area contributed by atoms with Crippen LogP contribution in [-0.2, 0) is 4.79 Å². The maximum atomic E-state index is 11.8. The molecule has 4 nitrogen and oxygen atoms in total. The van der Waals surface area contributed by atoms with Gasteiger partial charge in [-0.25, -0.2) is 0 Å². The summed E-state index contributed by atoms with van der Waals surface area (Å²) in [5, 5.41) is 2.73. The van der Waals surface area contributed by atoms with Crippen molar-refractivity contribution in [2.45, 2.75) is 19.3 Å². The van der Waals surface area contributed by atoms with E-state index < -0.39 is 0 Å². The molecule has 0 bridgehead atoms. The molecule has 0 saturated carbocycles. The number of hydrogen-bond acceptors (Lipinski definition) is 3. The average Bonchev–Trinajstić information content (AvgIpc) is 2.55. The van der Waals surface area contributed by atoms with Gasteiger partial charge in [-0.15, -0.1) is 11.6 Å². The highest BCUT2D eigenvalue weighted by molar-refractivity contribution is 6.18. The number of Topliss-reactive ketones (excluding diaryl/α,β-unsaturated/α-hetero) is 1. The van der Waals surface area contributed by atoms with Gasteiger partial charge < -0.3 is 10.1 Å². The third-order valence-electron chi connectivity index (χ3n) is 2.70. The first kappa shape index (κ1) is 12.9. The van der Waals surface area contributed by atoms with E-state index in [0.29, 0.717) is 48.7 Å². The highest BCUT2D eigenvalue weighted by atomic mass is 35.5. The minimum Gasteiger partial charge on any atom is -0.491 e. The molecule has 96 valence electrons. The van der Waals surface area contributed by atoms with E-state index >= 15 is 0 Å². The number of ketones is 1. The Labute approximate surface area is 110 Å². The number of nitrogens with one attached hydrogen (secondary N) is 1. The second-order valence-electron chi connectivity index (χ2n) is 4.07. The number of benzene rings is 1. The zero-order valence-corrected chi connectivity index (χ0v) is 10.6. The summed E-state index contributed by atoms with van der Waals surface area (Å²) in [6.45, 7) is 0.359. The minimum absolute atomic E-state index is 0.0249. The van der Waals surface area contributed by atoms with E-state index in [-0.39, 0.29) is 11.7 Å². The van der Waals surface area contributed by atoms with Crippen molar-refractivity contribution in [2.24, 2.45) is 0 Å². The van der Waals surface area contributed by atoms with Crippen LogP contribution in [0.5, 0.6) is 5.75 Å². The van der Waals surface area contributed by atoms with Gasteiger partial charge in [-0.2, -0.15) is 0 Å². The Morgan fingerprint density at radius 2 is 2.28 bits per heavy atom. The lowest BCUT2D eigenvalue weighted by molar-refractivity contribution is -0.116. The van der Waals surface area contributed by atoms with Gasteiger partial charge in [-0.05, 0) is 24.6 Å². The van der Waals surface area contributed by atoms with Crippen molar-refractivity contribution >= 4 is 29.0 Å². The molecule has 2 rings (SSSR count). The topological polar surface area (TPSA) is 55.4 Å². The van der Waals surface area contributed by atoms with Gasteiger partial charge >= 0.3 is 0 Å². The van der Waals surface area contributed by atoms with Crippen LogP contribution in [0.25, 0.3) is 0 Å². The maximum absolute atomic E-state index is 11.8. The SMILES string of the molecule is O=C1CCOc2ccc(C(=O)CCCCl)cc2N1. The van der Waals surface area contributed by atoms with Gasteiger partial charge in [0, 0.05) is 17.9 Å². The number of ether oxygens (including phenoxy) is 1. The Morgan fingerprint density at radius 1 is 1.44 bits per heavy atom. The number of rotatable bonds is 4. The lowest BCUT2D eigenvalue weighted by Gasteiger charge is -2.08. The molecule has 1 aromatic carbocycles. The number of hydrogen-bond donors (Lipinski definition) is 1. The van der Waals surface area contributed by atoms with E-state index in [1.807, 2.05) is 0 Å². The quantitative estimate of drug-likeness (QED) is 0.674. The Morgan fingerprint density at radius 3 is 3.06 bits per heavy atom. The van der Waals surface area contributed by atoms with E-state index in [4.69, 9.17) is 16.3 Å². The first-order chi connectivity index (χ1) is 8.70. The van der Waals surface area contributed by atoms with Crippen molar-refractivity contribution in [3.05, 3.63) is 23.8 Å². The summed E-state index contributed by atoms with van der Waals surface area (Å²) < 4.78 is 5.42. The predicted molar refractivity (Wildman–Crippen MR) is 69.5 cm³/mol. The van der Waals surface area contributed by atoms with E-state index in [2.05, 4.69) is 5.32 Å². The van der Waals surface area contributed by atoms with Crippen LogP contribution in [0.2, 0.25) is 0 Å². The van der Waals surface area contributed by atoms with Gasteiger partial charge in [0.05, 0.1) is 18.7 Å². The fourth-order valence-electron chi connectivity index (χ4n) is 1.77. The second kappa shape index (κ2) is 5.87. The third-order valence-corrected chi connectivity index (χ3v) is 2.97. The Hall–Kier alpha value is -1.55. The number of fused-ring (bicyclic) bond motifs is 1. The maximum Gasteiger partial charge on any atom is 0.227 e. The zero-order valence-electron chi connectivity index (χ0n) is 9.87. The molecule has 1 aliphatic heterocycles. The van der Waals surface area contributed by atoms with Crippen LogP contribution >= 0.6 is 11.6 Å². The number of halogens is 1. The summed E-state index contributed by atoms with van der Waals surface area (Å²) in [5.74, 6) is 1.00. The van der Waals surface area contributed by atoms with Gasteiger partial charge in [-0.1, -0.05) is 0 Å². The molecule has 0 saturated heterocycles. The molecule has 0 fully saturated rings. The molecular weight excluding hydrogens is 254 g/mol. The van der Waals surface area contributed by atoms with Crippen molar-refractivity contribution in [1.82, 2.24) is 0 Å². The molecule has 1 aliphatic rings. The molecule has 0 spiro atoms. The molecule has 1 aromatic rings. The molecule has 5 heteroatoms. The van der Waals surface area contributed by atoms with Crippen LogP contribution in [-0.4, -0.2) is 24.2 Å². The summed E-state index contributed by atoms with van der Waals surface area (Å²) >= 11 is 5.56. The fraction of sp³-hybridized carbons (Fsp3) is 0.385. The van der Waals surface area contributed by atoms with Crippen LogP contribution in [0.1, 0.15) is 29.6 Å². The molecule has 0 unspecified atom stereocenters. The average molecular weight is 268 g/mol. The Balaban J connectivity index is 2.20. The van der Waals surface area contributed by atoms with Gasteiger partial charge in [-0.3, -0.25) is 9.59 Å². The normalized spacial score (nSPS) is 14.2. The molecule has 1 N–H and O–H groups in total. The van der Waals surface area contributed by atoms with Crippen molar-refractivity contribution in [3.63, 3.8) is 0 Å². The Bertz CT molecular complexity index is 473. The lowest BCUT2D eigenvalue weighted by atomic mass is 10.1. The van der Waals surface area contributed by atoms with E-state index in [1.54, 1.807) is 18.2 Å². The monoisotopic (exact) mass is 267 g/mol. The molecule has 1 amide bonds. The third kappa shape index (κ3) is 3.01. The van der Waals surface area contributed by atoms with E-state index in [0.717, 1.165) is 0 Å². The van der Waals surface area contributed by atoms with Crippen LogP contribution in [0, 0.1) is 0 Å². The molecule has 1 heterocycles. The highest BCUT2D eigenvalue weighted by Crippen LogP contribution is 2.28. The summed E-state index contributed by atoms with van der Waals surface area (Å²) in [4.78, 5) is 23.3. The Kier molecular flexibility index (Phi) is 4.20. The van der Waals surface area contributed by atoms with Crippen LogP contribution < -0.4 is 10.1 Å². The molecule has 0 atom stereocenters. The summed E-state index contributed by atoms with van der Waals surface area (Å²) in [7, 11) is 0. The van der Waals surface area contributed by atoms with Gasteiger partial charge in [0.25, 0.3) is 0 Å². The summed E-state index contributed by atoms with van der Waals surface area (Å²) in [6.07, 6.45) is 1.39. The number of anilines is 1. The van der Waals surface area contributed by atoms with E-state index in [1.165, 1.54) is 0 Å². The van der Waals surface area contributed by atoms with Crippen LogP contribution in [0.4, 0.5) is 5.69 Å². The van der Waals surface area contributed by atoms with Gasteiger partial charge in [0.2, 0.25) is 5.91 Å². The minimum atomic E-state index is -0.0980. The zero-order chi connectivity index (χ0) is 13.0. The lowest BCUT2D eigenvalue weighted by Crippen LogP contribution is -2.11. The fourth-order valence-corrected chi connectivity index (χ4v) is 1.90. The number of alkyl halides is 1. The van der Waals surface area contributed by atoms with Crippen molar-refractivity contribution in [2.75, 3.05) is 17.8 Å². The predicted octanol–water partition coefficient (Wildman–Crippen LogP) is 2.61. The first-order valence-corrected chi connectivity index (χ1v) is 6.40. The molecule has 0 radical (unpaired) electrons. The number of carbonyl (C=O) groups is 2. The van der Waals surface area contributed by atoms with Gasteiger partial charge in [0.1, 0.15) is 5.75 Å². The number of carbonyl (C=O) groups excluding carboxylic acids is 2. The van der Waals surface area contributed by atoms with Crippen LogP contribution in [0.3, 0.4) is 0 Å². The van der Waals surface area contributed by atoms with Crippen molar-refractivity contribution < 1.29 is 14.3 Å². The van der Waals surface area contributed by atoms with Crippen LogP contribution in [0.15, 0.2) is 18.2 Å². The van der Waals surface area contributed by atoms with Crippen molar-refractivity contribution in [3.8, 4) is 5.75 Å². The largest absolute Gasteiger partial charge is 0.491 e. The second-order valence-corrected chi connectivity index (χ2v) is 4.45. The van der Waals surface area contributed by atoms with Gasteiger partial charge in [0.15, 0.2) is 5.78 Å². The summed E-state index contributed by atoms with van der Waals surface area (Å²) in [5.41, 5.74) is 1.14. The molecule has 0 aliphatic carbocycles. The van der Waals surface area contributed by atoms with E-state index in [9.17, 15) is 9.59 Å². The standard InChI is InChI=1S/C13H14ClNO3/c14-6-1-2-11(16)9-3-4-12-10(8-9)15-13(17)5-7-18-12/h3-4,8H,1-2,5-7H2,(H,15,17). The highest BCUT2D eigenvalue weighted by Gasteiger charge is 2.15.